The number of amides is 1. The van der Waals surface area contributed by atoms with Crippen LogP contribution in [0.3, 0.4) is 0 Å². The van der Waals surface area contributed by atoms with Crippen LogP contribution in [0.25, 0.3) is 11.0 Å². The van der Waals surface area contributed by atoms with Gasteiger partial charge < -0.3 is 9.73 Å². The fourth-order valence-corrected chi connectivity index (χ4v) is 2.34. The smallest absolute Gasteiger partial charge is 0.251 e. The SMILES string of the molecule is CCCn1nnc2cc(C(=O)NCc3ccc(C)o3)ccc21. The maximum atomic E-state index is 12.2. The average molecular weight is 298 g/mol. The van der Waals surface area contributed by atoms with Crippen molar-refractivity contribution in [1.29, 1.82) is 0 Å². The van der Waals surface area contributed by atoms with Gasteiger partial charge in [0.2, 0.25) is 0 Å². The van der Waals surface area contributed by atoms with Gasteiger partial charge in [0.25, 0.3) is 5.91 Å². The van der Waals surface area contributed by atoms with Crippen LogP contribution in [0.4, 0.5) is 0 Å². The highest BCUT2D eigenvalue weighted by atomic mass is 16.3. The van der Waals surface area contributed by atoms with Gasteiger partial charge in [-0.3, -0.25) is 4.79 Å². The lowest BCUT2D eigenvalue weighted by atomic mass is 10.2. The van der Waals surface area contributed by atoms with E-state index in [1.165, 1.54) is 0 Å². The lowest BCUT2D eigenvalue weighted by Gasteiger charge is -2.04. The first-order chi connectivity index (χ1) is 10.7. The maximum Gasteiger partial charge on any atom is 0.251 e. The van der Waals surface area contributed by atoms with E-state index in [2.05, 4.69) is 22.6 Å². The Morgan fingerprint density at radius 1 is 1.32 bits per heavy atom. The highest BCUT2D eigenvalue weighted by Gasteiger charge is 2.10. The van der Waals surface area contributed by atoms with Crippen molar-refractivity contribution in [3.8, 4) is 0 Å². The molecule has 0 atom stereocenters. The zero-order chi connectivity index (χ0) is 15.5. The first-order valence-electron chi connectivity index (χ1n) is 7.34. The number of aryl methyl sites for hydroxylation is 2. The summed E-state index contributed by atoms with van der Waals surface area (Å²) in [6.07, 6.45) is 0.989. The average Bonchev–Trinajstić information content (AvgIpc) is 3.11. The number of nitrogens with zero attached hydrogens (tertiary/aromatic N) is 3. The van der Waals surface area contributed by atoms with Crippen molar-refractivity contribution in [2.75, 3.05) is 0 Å². The maximum absolute atomic E-state index is 12.2. The minimum absolute atomic E-state index is 0.152. The predicted molar refractivity (Wildman–Crippen MR) is 82.4 cm³/mol. The standard InChI is InChI=1S/C16H18N4O2/c1-3-8-20-15-7-5-12(9-14(15)18-19-20)16(21)17-10-13-6-4-11(2)22-13/h4-7,9H,3,8,10H2,1-2H3,(H,17,21). The van der Waals surface area contributed by atoms with E-state index in [4.69, 9.17) is 4.42 Å². The number of carbonyl (C=O) groups excluding carboxylic acids is 1. The minimum atomic E-state index is -0.152. The highest BCUT2D eigenvalue weighted by molar-refractivity contribution is 5.97. The number of hydrogen-bond acceptors (Lipinski definition) is 4. The number of nitrogens with one attached hydrogen (secondary N) is 1. The molecule has 1 aromatic carbocycles. The zero-order valence-electron chi connectivity index (χ0n) is 12.7. The Hall–Kier alpha value is -2.63. The molecule has 0 bridgehead atoms. The monoisotopic (exact) mass is 298 g/mol. The molecular weight excluding hydrogens is 280 g/mol. The Balaban J connectivity index is 1.73. The molecule has 2 aromatic heterocycles. The van der Waals surface area contributed by atoms with Crippen LogP contribution >= 0.6 is 0 Å². The van der Waals surface area contributed by atoms with Crippen molar-refractivity contribution < 1.29 is 9.21 Å². The summed E-state index contributed by atoms with van der Waals surface area (Å²) in [4.78, 5) is 12.2. The highest BCUT2D eigenvalue weighted by Crippen LogP contribution is 2.14. The number of fused-ring (bicyclic) bond motifs is 1. The summed E-state index contributed by atoms with van der Waals surface area (Å²) in [5.41, 5.74) is 2.24. The van der Waals surface area contributed by atoms with E-state index in [0.29, 0.717) is 12.1 Å². The lowest BCUT2D eigenvalue weighted by molar-refractivity contribution is 0.0948. The number of hydrogen-bond donors (Lipinski definition) is 1. The molecule has 3 aromatic rings. The summed E-state index contributed by atoms with van der Waals surface area (Å²) >= 11 is 0. The second-order valence-electron chi connectivity index (χ2n) is 5.21. The van der Waals surface area contributed by atoms with Crippen LogP contribution < -0.4 is 5.32 Å². The Morgan fingerprint density at radius 2 is 2.18 bits per heavy atom. The van der Waals surface area contributed by atoms with E-state index in [1.807, 2.05) is 29.8 Å². The van der Waals surface area contributed by atoms with Gasteiger partial charge in [-0.05, 0) is 43.7 Å². The Kier molecular flexibility index (Phi) is 3.91. The Bertz CT molecular complexity index is 803. The van der Waals surface area contributed by atoms with E-state index in [9.17, 15) is 4.79 Å². The van der Waals surface area contributed by atoms with Crippen molar-refractivity contribution in [3.63, 3.8) is 0 Å². The van der Waals surface area contributed by atoms with Crippen LogP contribution in [0.5, 0.6) is 0 Å². The summed E-state index contributed by atoms with van der Waals surface area (Å²) < 4.78 is 7.28. The first-order valence-corrected chi connectivity index (χ1v) is 7.34. The molecule has 6 nitrogen and oxygen atoms in total. The van der Waals surface area contributed by atoms with E-state index in [1.54, 1.807) is 12.1 Å². The van der Waals surface area contributed by atoms with Gasteiger partial charge in [0.05, 0.1) is 12.1 Å². The molecule has 1 amide bonds. The largest absolute Gasteiger partial charge is 0.465 e. The number of furan rings is 1. The molecule has 2 heterocycles. The van der Waals surface area contributed by atoms with E-state index >= 15 is 0 Å². The molecule has 0 aliphatic heterocycles. The fourth-order valence-electron chi connectivity index (χ4n) is 2.34. The van der Waals surface area contributed by atoms with Crippen LogP contribution in [-0.4, -0.2) is 20.9 Å². The molecule has 0 unspecified atom stereocenters. The van der Waals surface area contributed by atoms with Crippen LogP contribution in [0.2, 0.25) is 0 Å². The number of aromatic nitrogens is 3. The Labute approximate surface area is 128 Å². The van der Waals surface area contributed by atoms with Gasteiger partial charge in [-0.15, -0.1) is 5.10 Å². The first kappa shape index (κ1) is 14.3. The molecule has 0 radical (unpaired) electrons. The lowest BCUT2D eigenvalue weighted by Crippen LogP contribution is -2.22. The zero-order valence-corrected chi connectivity index (χ0v) is 12.7. The molecule has 114 valence electrons. The van der Waals surface area contributed by atoms with E-state index < -0.39 is 0 Å². The molecule has 6 heteroatoms. The molecule has 0 aliphatic rings. The van der Waals surface area contributed by atoms with Gasteiger partial charge in [0, 0.05) is 12.1 Å². The molecule has 0 spiro atoms. The van der Waals surface area contributed by atoms with Crippen LogP contribution in [-0.2, 0) is 13.1 Å². The van der Waals surface area contributed by atoms with Crippen LogP contribution in [0.1, 0.15) is 35.2 Å². The van der Waals surface area contributed by atoms with Gasteiger partial charge >= 0.3 is 0 Å². The molecule has 0 saturated carbocycles. The molecule has 0 saturated heterocycles. The van der Waals surface area contributed by atoms with Gasteiger partial charge in [-0.2, -0.15) is 0 Å². The Morgan fingerprint density at radius 3 is 2.91 bits per heavy atom. The van der Waals surface area contributed by atoms with Gasteiger partial charge in [-0.1, -0.05) is 12.1 Å². The second-order valence-corrected chi connectivity index (χ2v) is 5.21. The summed E-state index contributed by atoms with van der Waals surface area (Å²) in [6, 6.07) is 9.17. The number of carbonyl (C=O) groups is 1. The van der Waals surface area contributed by atoms with Crippen molar-refractivity contribution in [1.82, 2.24) is 20.3 Å². The van der Waals surface area contributed by atoms with E-state index in [0.717, 1.165) is 35.5 Å². The van der Waals surface area contributed by atoms with Crippen molar-refractivity contribution in [2.24, 2.45) is 0 Å². The van der Waals surface area contributed by atoms with Gasteiger partial charge in [0.1, 0.15) is 17.0 Å². The predicted octanol–water partition coefficient (Wildman–Crippen LogP) is 2.67. The normalized spacial score (nSPS) is 11.0. The summed E-state index contributed by atoms with van der Waals surface area (Å²) in [7, 11) is 0. The fraction of sp³-hybridized carbons (Fsp3) is 0.312. The minimum Gasteiger partial charge on any atom is -0.465 e. The van der Waals surface area contributed by atoms with Crippen LogP contribution in [0, 0.1) is 6.92 Å². The second kappa shape index (κ2) is 6.01. The summed E-state index contributed by atoms with van der Waals surface area (Å²) in [6.45, 7) is 5.15. The third kappa shape index (κ3) is 2.86. The third-order valence-corrected chi connectivity index (χ3v) is 3.43. The number of benzene rings is 1. The molecule has 0 fully saturated rings. The summed E-state index contributed by atoms with van der Waals surface area (Å²) in [5, 5.41) is 11.1. The van der Waals surface area contributed by atoms with Gasteiger partial charge in [-0.25, -0.2) is 4.68 Å². The topological polar surface area (TPSA) is 73.0 Å². The van der Waals surface area contributed by atoms with E-state index in [-0.39, 0.29) is 5.91 Å². The molecule has 22 heavy (non-hydrogen) atoms. The molecule has 3 rings (SSSR count). The van der Waals surface area contributed by atoms with Crippen molar-refractivity contribution >= 4 is 16.9 Å². The molecular formula is C16H18N4O2. The van der Waals surface area contributed by atoms with Crippen molar-refractivity contribution in [3.05, 3.63) is 47.4 Å². The molecule has 1 N–H and O–H groups in total. The van der Waals surface area contributed by atoms with Gasteiger partial charge in [0.15, 0.2) is 0 Å². The third-order valence-electron chi connectivity index (χ3n) is 3.43. The van der Waals surface area contributed by atoms with Crippen LogP contribution in [0.15, 0.2) is 34.7 Å². The molecule has 0 aliphatic carbocycles. The van der Waals surface area contributed by atoms with Crippen molar-refractivity contribution in [2.45, 2.75) is 33.4 Å². The quantitative estimate of drug-likeness (QED) is 0.786. The summed E-state index contributed by atoms with van der Waals surface area (Å²) in [5.74, 6) is 1.42. The number of rotatable bonds is 5.